The van der Waals surface area contributed by atoms with Crippen LogP contribution >= 0.6 is 11.3 Å². The fourth-order valence-electron chi connectivity index (χ4n) is 2.34. The van der Waals surface area contributed by atoms with Gasteiger partial charge in [0.25, 0.3) is 5.91 Å². The summed E-state index contributed by atoms with van der Waals surface area (Å²) < 4.78 is 39.3. The lowest BCUT2D eigenvalue weighted by molar-refractivity contribution is -0.138. The molecule has 9 heteroatoms. The Kier molecular flexibility index (Phi) is 4.99. The highest BCUT2D eigenvalue weighted by Gasteiger charge is 2.33. The first-order valence-electron chi connectivity index (χ1n) is 7.50. The van der Waals surface area contributed by atoms with Crippen LogP contribution in [0.1, 0.15) is 20.8 Å². The van der Waals surface area contributed by atoms with Crippen LogP contribution in [0.15, 0.2) is 48.9 Å². The molecule has 3 aromatic rings. The number of nitrogens with zero attached hydrogens (tertiary/aromatic N) is 4. The van der Waals surface area contributed by atoms with Crippen LogP contribution in [0.2, 0.25) is 0 Å². The Balaban J connectivity index is 1.79. The molecule has 0 aliphatic heterocycles. The minimum absolute atomic E-state index is 0.0342. The lowest BCUT2D eigenvalue weighted by Crippen LogP contribution is -2.26. The fraction of sp³-hybridized carbons (Fsp3) is 0.176. The van der Waals surface area contributed by atoms with Crippen molar-refractivity contribution in [3.05, 3.63) is 64.9 Å². The van der Waals surface area contributed by atoms with E-state index in [-0.39, 0.29) is 12.1 Å². The van der Waals surface area contributed by atoms with Crippen LogP contribution in [0.3, 0.4) is 0 Å². The summed E-state index contributed by atoms with van der Waals surface area (Å²) >= 11 is 1.09. The van der Waals surface area contributed by atoms with Gasteiger partial charge in [0.1, 0.15) is 4.88 Å². The van der Waals surface area contributed by atoms with Gasteiger partial charge in [-0.3, -0.25) is 4.79 Å². The molecule has 0 aliphatic carbocycles. The number of carbonyl (C=O) groups excluding carboxylic acids is 1. The number of halogens is 3. The van der Waals surface area contributed by atoms with Crippen molar-refractivity contribution in [1.82, 2.24) is 19.9 Å². The summed E-state index contributed by atoms with van der Waals surface area (Å²) in [5.74, 6) is -0.0247. The Morgan fingerprint density at radius 1 is 1.12 bits per heavy atom. The molecule has 0 fully saturated rings. The first-order chi connectivity index (χ1) is 12.4. The fourth-order valence-corrected chi connectivity index (χ4v) is 3.20. The van der Waals surface area contributed by atoms with Crippen molar-refractivity contribution < 1.29 is 18.0 Å². The molecule has 2 heterocycles. The van der Waals surface area contributed by atoms with Gasteiger partial charge in [0.2, 0.25) is 0 Å². The molecule has 2 aromatic heterocycles. The Bertz CT molecular complexity index is 912. The van der Waals surface area contributed by atoms with Crippen LogP contribution in [0.5, 0.6) is 0 Å². The number of rotatable bonds is 4. The molecule has 5 nitrogen and oxygen atoms in total. The van der Waals surface area contributed by atoms with E-state index in [1.165, 1.54) is 36.3 Å². The van der Waals surface area contributed by atoms with Gasteiger partial charge in [-0.15, -0.1) is 11.3 Å². The predicted molar refractivity (Wildman–Crippen MR) is 90.4 cm³/mol. The average Bonchev–Trinajstić information content (AvgIpc) is 3.11. The second kappa shape index (κ2) is 7.20. The van der Waals surface area contributed by atoms with Crippen LogP contribution in [0, 0.1) is 0 Å². The zero-order valence-electron chi connectivity index (χ0n) is 13.6. The Morgan fingerprint density at radius 2 is 1.81 bits per heavy atom. The van der Waals surface area contributed by atoms with E-state index >= 15 is 0 Å². The average molecular weight is 378 g/mol. The van der Waals surface area contributed by atoms with Crippen LogP contribution in [0.4, 0.5) is 13.2 Å². The number of alkyl halides is 3. The maximum Gasteiger partial charge on any atom is 0.416 e. The molecular formula is C17H13F3N4OS. The quantitative estimate of drug-likeness (QED) is 0.691. The number of benzene rings is 1. The van der Waals surface area contributed by atoms with Crippen LogP contribution < -0.4 is 0 Å². The molecule has 0 spiro atoms. The SMILES string of the molecule is CN(Cc1ccccc1C(F)(F)F)C(=O)c1cnc(-c2ncccn2)s1. The number of hydrogen-bond acceptors (Lipinski definition) is 5. The van der Waals surface area contributed by atoms with Gasteiger partial charge in [-0.1, -0.05) is 18.2 Å². The van der Waals surface area contributed by atoms with E-state index in [1.807, 2.05) is 0 Å². The molecule has 0 N–H and O–H groups in total. The van der Waals surface area contributed by atoms with Crippen LogP contribution in [-0.4, -0.2) is 32.8 Å². The second-order valence-electron chi connectivity index (χ2n) is 5.42. The largest absolute Gasteiger partial charge is 0.416 e. The molecule has 0 saturated heterocycles. The maximum absolute atomic E-state index is 13.1. The number of hydrogen-bond donors (Lipinski definition) is 0. The summed E-state index contributed by atoms with van der Waals surface area (Å²) in [5, 5.41) is 0.470. The van der Waals surface area contributed by atoms with E-state index in [0.29, 0.717) is 15.7 Å². The topological polar surface area (TPSA) is 59.0 Å². The molecule has 0 atom stereocenters. The number of aromatic nitrogens is 3. The van der Waals surface area contributed by atoms with Gasteiger partial charge in [-0.25, -0.2) is 15.0 Å². The summed E-state index contributed by atoms with van der Waals surface area (Å²) in [7, 11) is 1.45. The van der Waals surface area contributed by atoms with Crippen molar-refractivity contribution in [3.63, 3.8) is 0 Å². The molecule has 26 heavy (non-hydrogen) atoms. The van der Waals surface area contributed by atoms with Crippen molar-refractivity contribution in [2.24, 2.45) is 0 Å². The van der Waals surface area contributed by atoms with Crippen LogP contribution in [0.25, 0.3) is 10.8 Å². The molecule has 134 valence electrons. The summed E-state index contributed by atoms with van der Waals surface area (Å²) in [6, 6.07) is 6.87. The van der Waals surface area contributed by atoms with Gasteiger partial charge in [0, 0.05) is 26.0 Å². The Morgan fingerprint density at radius 3 is 2.50 bits per heavy atom. The maximum atomic E-state index is 13.1. The van der Waals surface area contributed by atoms with Crippen molar-refractivity contribution in [3.8, 4) is 10.8 Å². The van der Waals surface area contributed by atoms with Crippen molar-refractivity contribution in [1.29, 1.82) is 0 Å². The van der Waals surface area contributed by atoms with Crippen molar-refractivity contribution >= 4 is 17.2 Å². The van der Waals surface area contributed by atoms with Gasteiger partial charge < -0.3 is 4.90 Å². The Labute approximate surface area is 151 Å². The van der Waals surface area contributed by atoms with Gasteiger partial charge in [0.05, 0.1) is 11.8 Å². The summed E-state index contributed by atoms with van der Waals surface area (Å²) in [6.45, 7) is -0.163. The third kappa shape index (κ3) is 3.88. The highest BCUT2D eigenvalue weighted by atomic mass is 32.1. The van der Waals surface area contributed by atoms with Crippen LogP contribution in [-0.2, 0) is 12.7 Å². The molecular weight excluding hydrogens is 365 g/mol. The molecule has 0 saturated carbocycles. The van der Waals surface area contributed by atoms with E-state index in [4.69, 9.17) is 0 Å². The van der Waals surface area contributed by atoms with Crippen molar-refractivity contribution in [2.45, 2.75) is 12.7 Å². The summed E-state index contributed by atoms with van der Waals surface area (Å²) in [4.78, 5) is 26.3. The first kappa shape index (κ1) is 18.0. The van der Waals surface area contributed by atoms with Crippen molar-refractivity contribution in [2.75, 3.05) is 7.05 Å². The molecule has 3 rings (SSSR count). The molecule has 0 bridgehead atoms. The third-order valence-electron chi connectivity index (χ3n) is 3.55. The molecule has 0 unspecified atom stereocenters. The highest BCUT2D eigenvalue weighted by molar-refractivity contribution is 7.16. The van der Waals surface area contributed by atoms with E-state index in [9.17, 15) is 18.0 Å². The minimum Gasteiger partial charge on any atom is -0.337 e. The summed E-state index contributed by atoms with van der Waals surface area (Å²) in [6.07, 6.45) is 0.0322. The molecule has 1 amide bonds. The zero-order chi connectivity index (χ0) is 18.7. The van der Waals surface area contributed by atoms with Gasteiger partial charge >= 0.3 is 6.18 Å². The Hall–Kier alpha value is -2.81. The number of amides is 1. The highest BCUT2D eigenvalue weighted by Crippen LogP contribution is 2.32. The smallest absolute Gasteiger partial charge is 0.337 e. The number of thiazole rings is 1. The van der Waals surface area contributed by atoms with Gasteiger partial charge in [-0.05, 0) is 17.7 Å². The third-order valence-corrected chi connectivity index (χ3v) is 4.53. The summed E-state index contributed by atoms with van der Waals surface area (Å²) in [5.41, 5.74) is -0.714. The lowest BCUT2D eigenvalue weighted by atomic mass is 10.1. The van der Waals surface area contributed by atoms with Gasteiger partial charge in [-0.2, -0.15) is 13.2 Å². The minimum atomic E-state index is -4.47. The monoisotopic (exact) mass is 378 g/mol. The van der Waals surface area contributed by atoms with E-state index in [1.54, 1.807) is 18.5 Å². The molecule has 0 radical (unpaired) electrons. The molecule has 1 aromatic carbocycles. The van der Waals surface area contributed by atoms with Gasteiger partial charge in [0.15, 0.2) is 10.8 Å². The molecule has 0 aliphatic rings. The second-order valence-corrected chi connectivity index (χ2v) is 6.45. The van der Waals surface area contributed by atoms with E-state index in [0.717, 1.165) is 17.4 Å². The normalized spacial score (nSPS) is 11.4. The van der Waals surface area contributed by atoms with E-state index < -0.39 is 17.6 Å². The predicted octanol–water partition coefficient (Wildman–Crippen LogP) is 3.89. The lowest BCUT2D eigenvalue weighted by Gasteiger charge is -2.19. The number of carbonyl (C=O) groups is 1. The standard InChI is InChI=1S/C17H13F3N4OS/c1-24(10-11-5-2-3-6-12(11)17(18,19)20)16(25)13-9-23-15(26-13)14-21-7-4-8-22-14/h2-9H,10H2,1H3. The first-order valence-corrected chi connectivity index (χ1v) is 8.31. The van der Waals surface area contributed by atoms with E-state index in [2.05, 4.69) is 15.0 Å². The zero-order valence-corrected chi connectivity index (χ0v) is 14.4.